The van der Waals surface area contributed by atoms with E-state index in [1.807, 2.05) is 24.9 Å². The monoisotopic (exact) mass is 460 g/mol. The van der Waals surface area contributed by atoms with Gasteiger partial charge in [-0.05, 0) is 25.1 Å². The van der Waals surface area contributed by atoms with Crippen LogP contribution < -0.4 is 10.1 Å². The lowest BCUT2D eigenvalue weighted by molar-refractivity contribution is -0.119. The highest BCUT2D eigenvalue weighted by Crippen LogP contribution is 2.22. The molecule has 1 saturated heterocycles. The molecule has 1 atom stereocenters. The second-order valence-corrected chi connectivity index (χ2v) is 7.90. The lowest BCUT2D eigenvalue weighted by Crippen LogP contribution is -2.42. The number of aromatic amines is 1. The Morgan fingerprint density at radius 2 is 2.18 bits per heavy atom. The third-order valence-corrected chi connectivity index (χ3v) is 5.54. The zero-order chi connectivity index (χ0) is 23.4. The van der Waals surface area contributed by atoms with Crippen LogP contribution in [-0.4, -0.2) is 63.6 Å². The van der Waals surface area contributed by atoms with Gasteiger partial charge in [-0.2, -0.15) is 10.2 Å². The maximum absolute atomic E-state index is 13.3. The summed E-state index contributed by atoms with van der Waals surface area (Å²) in [6, 6.07) is 5.32. The van der Waals surface area contributed by atoms with Crippen molar-refractivity contribution in [2.75, 3.05) is 38.2 Å². The molecule has 33 heavy (non-hydrogen) atoms. The molecule has 0 spiro atoms. The Hall–Kier alpha value is -3.31. The summed E-state index contributed by atoms with van der Waals surface area (Å²) >= 11 is 0. The molecular formula is C22H26F2N6O3. The lowest BCUT2D eigenvalue weighted by Gasteiger charge is -2.31. The van der Waals surface area contributed by atoms with E-state index in [-0.39, 0.29) is 30.9 Å². The van der Waals surface area contributed by atoms with Crippen LogP contribution in [0, 0.1) is 18.6 Å². The number of morpholine rings is 1. The maximum Gasteiger partial charge on any atom is 0.238 e. The van der Waals surface area contributed by atoms with Crippen LogP contribution in [0.3, 0.4) is 0 Å². The number of hydrogen-bond acceptors (Lipinski definition) is 6. The number of carbonyl (C=O) groups is 1. The Morgan fingerprint density at radius 3 is 2.94 bits per heavy atom. The van der Waals surface area contributed by atoms with Crippen molar-refractivity contribution in [3.8, 4) is 5.75 Å². The van der Waals surface area contributed by atoms with E-state index in [0.29, 0.717) is 31.8 Å². The topological polar surface area (TPSA) is 97.3 Å². The molecule has 2 N–H and O–H groups in total. The number of nitrogens with one attached hydrogen (secondary N) is 2. The number of halogens is 2. The first-order valence-corrected chi connectivity index (χ1v) is 10.6. The summed E-state index contributed by atoms with van der Waals surface area (Å²) in [6.45, 7) is 4.09. The SMILES string of the molecule is Cc1c(NC(=O)CN2CCO[C@H](c3cc(CCOc4ccc(F)c(F)c4)[nH]n3)C2)cnn1C. The molecule has 3 heterocycles. The molecule has 0 radical (unpaired) electrons. The first kappa shape index (κ1) is 22.9. The zero-order valence-electron chi connectivity index (χ0n) is 18.5. The van der Waals surface area contributed by atoms with E-state index in [1.54, 1.807) is 10.9 Å². The van der Waals surface area contributed by atoms with Gasteiger partial charge in [-0.15, -0.1) is 0 Å². The Kier molecular flexibility index (Phi) is 6.99. The molecule has 11 heteroatoms. The first-order valence-electron chi connectivity index (χ1n) is 10.6. The number of carbonyl (C=O) groups excluding carboxylic acids is 1. The minimum Gasteiger partial charge on any atom is -0.493 e. The highest BCUT2D eigenvalue weighted by Gasteiger charge is 2.25. The first-order chi connectivity index (χ1) is 15.9. The smallest absolute Gasteiger partial charge is 0.238 e. The predicted octanol–water partition coefficient (Wildman–Crippen LogP) is 2.36. The number of rotatable bonds is 8. The summed E-state index contributed by atoms with van der Waals surface area (Å²) in [5, 5.41) is 14.3. The van der Waals surface area contributed by atoms with E-state index in [0.717, 1.165) is 29.2 Å². The summed E-state index contributed by atoms with van der Waals surface area (Å²) in [5.74, 6) is -1.70. The van der Waals surface area contributed by atoms with Gasteiger partial charge in [0.2, 0.25) is 5.91 Å². The van der Waals surface area contributed by atoms with E-state index < -0.39 is 11.6 Å². The molecule has 0 saturated carbocycles. The molecule has 3 aromatic rings. The van der Waals surface area contributed by atoms with E-state index in [9.17, 15) is 13.6 Å². The van der Waals surface area contributed by atoms with E-state index >= 15 is 0 Å². The van der Waals surface area contributed by atoms with Crippen molar-refractivity contribution in [3.63, 3.8) is 0 Å². The summed E-state index contributed by atoms with van der Waals surface area (Å²) in [5.41, 5.74) is 3.17. The quantitative estimate of drug-likeness (QED) is 0.536. The van der Waals surface area contributed by atoms with E-state index in [1.165, 1.54) is 6.07 Å². The molecule has 176 valence electrons. The number of ether oxygens (including phenoxy) is 2. The normalized spacial score (nSPS) is 16.7. The van der Waals surface area contributed by atoms with Gasteiger partial charge in [0.25, 0.3) is 0 Å². The lowest BCUT2D eigenvalue weighted by atomic mass is 10.2. The largest absolute Gasteiger partial charge is 0.493 e. The number of nitrogens with zero attached hydrogens (tertiary/aromatic N) is 4. The number of anilines is 1. The number of benzene rings is 1. The fourth-order valence-corrected chi connectivity index (χ4v) is 3.56. The minimum absolute atomic E-state index is 0.108. The molecule has 1 aliphatic rings. The van der Waals surface area contributed by atoms with Crippen LogP contribution in [0.5, 0.6) is 5.75 Å². The predicted molar refractivity (Wildman–Crippen MR) is 116 cm³/mol. The summed E-state index contributed by atoms with van der Waals surface area (Å²) in [6.07, 6.45) is 1.88. The summed E-state index contributed by atoms with van der Waals surface area (Å²) < 4.78 is 39.3. The van der Waals surface area contributed by atoms with Gasteiger partial charge >= 0.3 is 0 Å². The average molecular weight is 460 g/mol. The highest BCUT2D eigenvalue weighted by atomic mass is 19.2. The van der Waals surface area contributed by atoms with Crippen LogP contribution in [0.1, 0.15) is 23.2 Å². The van der Waals surface area contributed by atoms with Crippen molar-refractivity contribution in [2.45, 2.75) is 19.4 Å². The zero-order valence-corrected chi connectivity index (χ0v) is 18.5. The molecular weight excluding hydrogens is 434 g/mol. The van der Waals surface area contributed by atoms with Gasteiger partial charge in [-0.25, -0.2) is 8.78 Å². The average Bonchev–Trinajstić information content (AvgIpc) is 3.39. The molecule has 1 aliphatic heterocycles. The maximum atomic E-state index is 13.3. The summed E-state index contributed by atoms with van der Waals surface area (Å²) in [7, 11) is 1.82. The third-order valence-electron chi connectivity index (χ3n) is 5.54. The molecule has 1 aromatic carbocycles. The third kappa shape index (κ3) is 5.74. The summed E-state index contributed by atoms with van der Waals surface area (Å²) in [4.78, 5) is 14.5. The molecule has 0 bridgehead atoms. The van der Waals surface area contributed by atoms with Crippen molar-refractivity contribution in [2.24, 2.45) is 7.05 Å². The van der Waals surface area contributed by atoms with Gasteiger partial charge in [-0.1, -0.05) is 0 Å². The highest BCUT2D eigenvalue weighted by molar-refractivity contribution is 5.92. The van der Waals surface area contributed by atoms with Crippen LogP contribution in [0.15, 0.2) is 30.5 Å². The fourth-order valence-electron chi connectivity index (χ4n) is 3.56. The van der Waals surface area contributed by atoms with Crippen molar-refractivity contribution >= 4 is 11.6 Å². The van der Waals surface area contributed by atoms with Crippen LogP contribution in [0.4, 0.5) is 14.5 Å². The van der Waals surface area contributed by atoms with Crippen LogP contribution in [0.2, 0.25) is 0 Å². The molecule has 0 unspecified atom stereocenters. The standard InChI is InChI=1S/C22H26F2N6O3/c1-14-20(11-25-29(14)2)26-22(31)13-30-6-8-33-21(12-30)19-9-15(27-28-19)5-7-32-16-3-4-17(23)18(24)10-16/h3-4,9-11,21H,5-8,12-13H2,1-2H3,(H,26,31)(H,27,28)/t21-/m0/s1. The van der Waals surface area contributed by atoms with Crippen molar-refractivity contribution in [1.29, 1.82) is 0 Å². The number of hydrogen-bond donors (Lipinski definition) is 2. The van der Waals surface area contributed by atoms with Gasteiger partial charge < -0.3 is 14.8 Å². The Bertz CT molecular complexity index is 1120. The number of aromatic nitrogens is 4. The molecule has 9 nitrogen and oxygen atoms in total. The number of amides is 1. The Morgan fingerprint density at radius 1 is 1.33 bits per heavy atom. The van der Waals surface area contributed by atoms with Crippen molar-refractivity contribution < 1.29 is 23.0 Å². The van der Waals surface area contributed by atoms with Gasteiger partial charge in [0.1, 0.15) is 11.9 Å². The number of H-pyrrole nitrogens is 1. The van der Waals surface area contributed by atoms with Crippen molar-refractivity contribution in [3.05, 3.63) is 59.2 Å². The molecule has 2 aromatic heterocycles. The van der Waals surface area contributed by atoms with Gasteiger partial charge in [0.15, 0.2) is 11.6 Å². The van der Waals surface area contributed by atoms with E-state index in [2.05, 4.69) is 20.6 Å². The second kappa shape index (κ2) is 10.1. The molecule has 0 aliphatic carbocycles. The molecule has 1 fully saturated rings. The second-order valence-electron chi connectivity index (χ2n) is 7.90. The van der Waals surface area contributed by atoms with Gasteiger partial charge in [0.05, 0.1) is 43.0 Å². The van der Waals surface area contributed by atoms with E-state index in [4.69, 9.17) is 9.47 Å². The van der Waals surface area contributed by atoms with Crippen molar-refractivity contribution in [1.82, 2.24) is 24.9 Å². The van der Waals surface area contributed by atoms with Crippen LogP contribution in [0.25, 0.3) is 0 Å². The van der Waals surface area contributed by atoms with Gasteiger partial charge in [-0.3, -0.25) is 19.5 Å². The van der Waals surface area contributed by atoms with Crippen LogP contribution in [-0.2, 0) is 23.0 Å². The Balaban J connectivity index is 1.26. The molecule has 4 rings (SSSR count). The fraction of sp³-hybridized carbons (Fsp3) is 0.409. The molecule has 1 amide bonds. The number of aryl methyl sites for hydroxylation is 1. The minimum atomic E-state index is -0.945. The van der Waals surface area contributed by atoms with Crippen LogP contribution >= 0.6 is 0 Å². The van der Waals surface area contributed by atoms with Gasteiger partial charge in [0, 0.05) is 38.3 Å². The Labute approximate surface area is 189 Å².